The molecule has 0 aromatic carbocycles. The maximum Gasteiger partial charge on any atom is 0.152 e. The number of hydrogen-bond acceptors (Lipinski definition) is 1. The van der Waals surface area contributed by atoms with E-state index in [1.54, 1.807) is 0 Å². The normalized spacial score (nSPS) is 15.2. The summed E-state index contributed by atoms with van der Waals surface area (Å²) < 4.78 is 0. The summed E-state index contributed by atoms with van der Waals surface area (Å²) in [5.74, 6) is 0. The van der Waals surface area contributed by atoms with Gasteiger partial charge >= 0.3 is 0 Å². The molecule has 1 nitrogen and oxygen atoms in total. The van der Waals surface area contributed by atoms with Gasteiger partial charge in [-0.05, 0) is 26.1 Å². The van der Waals surface area contributed by atoms with Crippen LogP contribution >= 0.6 is 11.1 Å². The minimum atomic E-state index is -1.39. The summed E-state index contributed by atoms with van der Waals surface area (Å²) in [7, 11) is -1.39. The van der Waals surface area contributed by atoms with E-state index < -0.39 is 7.38 Å². The van der Waals surface area contributed by atoms with Crippen LogP contribution in [0.2, 0.25) is 19.1 Å². The lowest BCUT2D eigenvalue weighted by Crippen LogP contribution is -2.37. The maximum absolute atomic E-state index is 6.30. The lowest BCUT2D eigenvalue weighted by atomic mass is 10.3. The van der Waals surface area contributed by atoms with E-state index in [-0.39, 0.29) is 0 Å². The molecule has 0 aliphatic carbocycles. The molecule has 1 atom stereocenters. The molecule has 0 saturated heterocycles. The van der Waals surface area contributed by atoms with Gasteiger partial charge < -0.3 is 4.90 Å². The third kappa shape index (κ3) is 5.17. The Balaban J connectivity index is 3.92. The predicted octanol–water partition coefficient (Wildman–Crippen LogP) is 3.16. The van der Waals surface area contributed by atoms with Gasteiger partial charge in [0.05, 0.1) is 0 Å². The summed E-state index contributed by atoms with van der Waals surface area (Å²) in [6.45, 7) is 13.4. The highest BCUT2D eigenvalue weighted by molar-refractivity contribution is 7.19. The van der Waals surface area contributed by atoms with Crippen molar-refractivity contribution in [3.05, 3.63) is 0 Å². The monoisotopic (exact) mass is 207 g/mol. The second kappa shape index (κ2) is 5.25. The molecule has 0 saturated carbocycles. The zero-order chi connectivity index (χ0) is 9.78. The van der Waals surface area contributed by atoms with E-state index in [0.717, 1.165) is 13.1 Å². The summed E-state index contributed by atoms with van der Waals surface area (Å²) in [5.41, 5.74) is 0. The Hall–Kier alpha value is 0.467. The number of rotatable bonds is 5. The summed E-state index contributed by atoms with van der Waals surface area (Å²) in [6.07, 6.45) is 0. The van der Waals surface area contributed by atoms with Gasteiger partial charge in [-0.2, -0.15) is 11.1 Å². The van der Waals surface area contributed by atoms with Crippen LogP contribution in [0.3, 0.4) is 0 Å². The van der Waals surface area contributed by atoms with E-state index in [0.29, 0.717) is 6.04 Å². The van der Waals surface area contributed by atoms with Gasteiger partial charge in [0.1, 0.15) is 0 Å². The Morgan fingerprint density at radius 1 is 1.25 bits per heavy atom. The second-order valence-corrected chi connectivity index (χ2v) is 10.9. The standard InChI is InChI=1S/C9H22ClNSi/c1-6-11(7-2)9(3)8-12(4,5)10/h9H,6-8H2,1-5H3. The van der Waals surface area contributed by atoms with Crippen LogP contribution in [0.5, 0.6) is 0 Å². The van der Waals surface area contributed by atoms with Crippen molar-refractivity contribution in [2.75, 3.05) is 13.1 Å². The molecule has 1 unspecified atom stereocenters. The molecule has 0 bridgehead atoms. The molecule has 74 valence electrons. The lowest BCUT2D eigenvalue weighted by molar-refractivity contribution is 0.245. The Bertz CT molecular complexity index is 118. The molecule has 0 aliphatic rings. The van der Waals surface area contributed by atoms with E-state index in [9.17, 15) is 0 Å². The summed E-state index contributed by atoms with van der Waals surface area (Å²) in [4.78, 5) is 2.47. The topological polar surface area (TPSA) is 3.24 Å². The van der Waals surface area contributed by atoms with Gasteiger partial charge in [-0.15, -0.1) is 0 Å². The van der Waals surface area contributed by atoms with Crippen molar-refractivity contribution in [1.82, 2.24) is 4.90 Å². The minimum absolute atomic E-state index is 0.652. The Morgan fingerprint density at radius 2 is 1.67 bits per heavy atom. The molecule has 0 N–H and O–H groups in total. The van der Waals surface area contributed by atoms with Crippen molar-refractivity contribution >= 4 is 18.5 Å². The fraction of sp³-hybridized carbons (Fsp3) is 1.00. The van der Waals surface area contributed by atoms with Crippen molar-refractivity contribution in [2.45, 2.75) is 46.0 Å². The van der Waals surface area contributed by atoms with Crippen LogP contribution < -0.4 is 0 Å². The lowest BCUT2D eigenvalue weighted by Gasteiger charge is -2.29. The molecular formula is C9H22ClNSi. The highest BCUT2D eigenvalue weighted by Gasteiger charge is 2.22. The van der Waals surface area contributed by atoms with Crippen LogP contribution in [0.15, 0.2) is 0 Å². The summed E-state index contributed by atoms with van der Waals surface area (Å²) >= 11 is 6.30. The van der Waals surface area contributed by atoms with Crippen LogP contribution in [0.25, 0.3) is 0 Å². The predicted molar refractivity (Wildman–Crippen MR) is 60.5 cm³/mol. The zero-order valence-electron chi connectivity index (χ0n) is 9.02. The first-order valence-corrected chi connectivity index (χ1v) is 9.05. The molecule has 0 fully saturated rings. The Morgan fingerprint density at radius 3 is 1.92 bits per heavy atom. The fourth-order valence-corrected chi connectivity index (χ4v) is 4.01. The van der Waals surface area contributed by atoms with Crippen molar-refractivity contribution in [2.24, 2.45) is 0 Å². The van der Waals surface area contributed by atoms with Crippen LogP contribution in [0, 0.1) is 0 Å². The maximum atomic E-state index is 6.30. The van der Waals surface area contributed by atoms with Gasteiger partial charge in [-0.3, -0.25) is 0 Å². The van der Waals surface area contributed by atoms with Gasteiger partial charge in [0, 0.05) is 6.04 Å². The highest BCUT2D eigenvalue weighted by atomic mass is 35.6. The molecule has 0 spiro atoms. The molecule has 0 aromatic rings. The molecular weight excluding hydrogens is 186 g/mol. The largest absolute Gasteiger partial charge is 0.301 e. The number of nitrogens with zero attached hydrogens (tertiary/aromatic N) is 1. The molecule has 0 amide bonds. The van der Waals surface area contributed by atoms with Crippen molar-refractivity contribution < 1.29 is 0 Å². The van der Waals surface area contributed by atoms with Gasteiger partial charge in [0.25, 0.3) is 0 Å². The molecule has 0 aromatic heterocycles. The average molecular weight is 208 g/mol. The van der Waals surface area contributed by atoms with Gasteiger partial charge in [-0.1, -0.05) is 26.9 Å². The smallest absolute Gasteiger partial charge is 0.152 e. The number of hydrogen-bond donors (Lipinski definition) is 0. The van der Waals surface area contributed by atoms with Crippen LogP contribution in [0.4, 0.5) is 0 Å². The first kappa shape index (κ1) is 12.5. The first-order valence-electron chi connectivity index (χ1n) is 4.83. The molecule has 0 rings (SSSR count). The Labute approximate surface area is 82.8 Å². The van der Waals surface area contributed by atoms with E-state index in [1.165, 1.54) is 6.04 Å². The van der Waals surface area contributed by atoms with Crippen molar-refractivity contribution in [1.29, 1.82) is 0 Å². The molecule has 0 radical (unpaired) electrons. The number of halogens is 1. The van der Waals surface area contributed by atoms with Crippen LogP contribution in [0.1, 0.15) is 20.8 Å². The SMILES string of the molecule is CCN(CC)C(C)C[Si](C)(C)Cl. The van der Waals surface area contributed by atoms with E-state index in [2.05, 4.69) is 38.8 Å². The van der Waals surface area contributed by atoms with Crippen LogP contribution in [-0.2, 0) is 0 Å². The minimum Gasteiger partial charge on any atom is -0.301 e. The van der Waals surface area contributed by atoms with Crippen molar-refractivity contribution in [3.8, 4) is 0 Å². The average Bonchev–Trinajstić information content (AvgIpc) is 1.85. The summed E-state index contributed by atoms with van der Waals surface area (Å²) in [5, 5.41) is 0. The fourth-order valence-electron chi connectivity index (χ4n) is 1.68. The van der Waals surface area contributed by atoms with Crippen LogP contribution in [-0.4, -0.2) is 31.4 Å². The van der Waals surface area contributed by atoms with Gasteiger partial charge in [0.2, 0.25) is 0 Å². The molecule has 3 heteroatoms. The summed E-state index contributed by atoms with van der Waals surface area (Å²) in [6, 6.07) is 1.84. The first-order chi connectivity index (χ1) is 5.40. The Kier molecular flexibility index (Phi) is 5.46. The van der Waals surface area contributed by atoms with E-state index in [1.807, 2.05) is 0 Å². The molecule has 0 aliphatic heterocycles. The third-order valence-corrected chi connectivity index (χ3v) is 4.24. The van der Waals surface area contributed by atoms with Gasteiger partial charge in [0.15, 0.2) is 7.38 Å². The highest BCUT2D eigenvalue weighted by Crippen LogP contribution is 2.19. The van der Waals surface area contributed by atoms with Crippen molar-refractivity contribution in [3.63, 3.8) is 0 Å². The van der Waals surface area contributed by atoms with E-state index in [4.69, 9.17) is 11.1 Å². The van der Waals surface area contributed by atoms with Gasteiger partial charge in [-0.25, -0.2) is 0 Å². The zero-order valence-corrected chi connectivity index (χ0v) is 10.8. The van der Waals surface area contributed by atoms with E-state index >= 15 is 0 Å². The second-order valence-electron chi connectivity index (χ2n) is 3.99. The quantitative estimate of drug-likeness (QED) is 0.495. The molecule has 0 heterocycles. The third-order valence-electron chi connectivity index (χ3n) is 2.22. The molecule has 12 heavy (non-hydrogen) atoms.